The van der Waals surface area contributed by atoms with Crippen LogP contribution in [0.5, 0.6) is 5.75 Å². The second-order valence-electron chi connectivity index (χ2n) is 4.95. The highest BCUT2D eigenvalue weighted by atomic mass is 32.2. The average Bonchev–Trinajstić information content (AvgIpc) is 2.53. The van der Waals surface area contributed by atoms with Crippen molar-refractivity contribution in [2.75, 3.05) is 13.7 Å². The second-order valence-corrected chi connectivity index (χ2v) is 6.49. The standard InChI is InChI=1S/C16H15F3O4S/c1-22-11-10-12-2-6-14(7-3-12)23-24(20,21)15-8-4-13(5-9-15)16(17,18)19/h2-9H,10-11H2,1H3. The Balaban J connectivity index is 2.13. The number of ether oxygens (including phenoxy) is 1. The molecule has 0 radical (unpaired) electrons. The normalized spacial score (nSPS) is 12.2. The first-order valence-corrected chi connectivity index (χ1v) is 8.33. The number of alkyl halides is 3. The maximum atomic E-state index is 12.5. The van der Waals surface area contributed by atoms with E-state index < -0.39 is 21.9 Å². The summed E-state index contributed by atoms with van der Waals surface area (Å²) >= 11 is 0. The topological polar surface area (TPSA) is 52.6 Å². The SMILES string of the molecule is COCCc1ccc(OS(=O)(=O)c2ccc(C(F)(F)F)cc2)cc1. The molecular formula is C16H15F3O4S. The van der Waals surface area contributed by atoms with Gasteiger partial charge in [0, 0.05) is 7.11 Å². The van der Waals surface area contributed by atoms with E-state index >= 15 is 0 Å². The van der Waals surface area contributed by atoms with Crippen LogP contribution < -0.4 is 4.18 Å². The minimum Gasteiger partial charge on any atom is -0.384 e. The van der Waals surface area contributed by atoms with Gasteiger partial charge in [-0.25, -0.2) is 0 Å². The molecule has 0 fully saturated rings. The Morgan fingerprint density at radius 2 is 1.54 bits per heavy atom. The lowest BCUT2D eigenvalue weighted by Crippen LogP contribution is -2.11. The molecule has 0 amide bonds. The number of benzene rings is 2. The molecule has 0 heterocycles. The Bertz CT molecular complexity index is 766. The van der Waals surface area contributed by atoms with E-state index in [1.165, 1.54) is 12.1 Å². The van der Waals surface area contributed by atoms with Gasteiger partial charge >= 0.3 is 16.3 Å². The molecule has 0 unspecified atom stereocenters. The highest BCUT2D eigenvalue weighted by Gasteiger charge is 2.30. The van der Waals surface area contributed by atoms with Gasteiger partial charge in [0.25, 0.3) is 0 Å². The molecule has 0 bridgehead atoms. The number of methoxy groups -OCH3 is 1. The van der Waals surface area contributed by atoms with Gasteiger partial charge in [-0.2, -0.15) is 21.6 Å². The Morgan fingerprint density at radius 3 is 2.04 bits per heavy atom. The number of halogens is 3. The Labute approximate surface area is 138 Å². The third-order valence-corrected chi connectivity index (χ3v) is 4.46. The van der Waals surface area contributed by atoms with Crippen LogP contribution in [0.3, 0.4) is 0 Å². The summed E-state index contributed by atoms with van der Waals surface area (Å²) in [5.41, 5.74) is 0.0140. The molecule has 8 heteroatoms. The van der Waals surface area contributed by atoms with Gasteiger partial charge in [0.1, 0.15) is 10.6 Å². The zero-order valence-electron chi connectivity index (χ0n) is 12.7. The first-order valence-electron chi connectivity index (χ1n) is 6.92. The van der Waals surface area contributed by atoms with E-state index in [1.54, 1.807) is 19.2 Å². The zero-order valence-corrected chi connectivity index (χ0v) is 13.5. The van der Waals surface area contributed by atoms with Crippen LogP contribution in [-0.2, 0) is 27.5 Å². The molecule has 0 N–H and O–H groups in total. The molecule has 0 aliphatic rings. The summed E-state index contributed by atoms with van der Waals surface area (Å²) in [6.45, 7) is 0.532. The van der Waals surface area contributed by atoms with Gasteiger partial charge in [0.2, 0.25) is 0 Å². The fourth-order valence-electron chi connectivity index (χ4n) is 1.92. The smallest absolute Gasteiger partial charge is 0.384 e. The van der Waals surface area contributed by atoms with Crippen molar-refractivity contribution in [2.24, 2.45) is 0 Å². The van der Waals surface area contributed by atoms with E-state index in [9.17, 15) is 21.6 Å². The maximum absolute atomic E-state index is 12.5. The molecule has 0 saturated carbocycles. The maximum Gasteiger partial charge on any atom is 0.416 e. The zero-order chi connectivity index (χ0) is 17.8. The molecule has 2 aromatic carbocycles. The Morgan fingerprint density at radius 1 is 0.958 bits per heavy atom. The predicted octanol–water partition coefficient (Wildman–Crippen LogP) is 3.66. The van der Waals surface area contributed by atoms with E-state index in [-0.39, 0.29) is 10.6 Å². The highest BCUT2D eigenvalue weighted by Crippen LogP contribution is 2.30. The van der Waals surface area contributed by atoms with Gasteiger partial charge in [0.15, 0.2) is 0 Å². The van der Waals surface area contributed by atoms with Crippen molar-refractivity contribution >= 4 is 10.1 Å². The minimum atomic E-state index is -4.53. The van der Waals surface area contributed by atoms with Gasteiger partial charge in [-0.05, 0) is 48.4 Å². The van der Waals surface area contributed by atoms with Gasteiger partial charge in [-0.1, -0.05) is 12.1 Å². The summed E-state index contributed by atoms with van der Waals surface area (Å²) < 4.78 is 71.6. The van der Waals surface area contributed by atoms with E-state index in [0.717, 1.165) is 17.7 Å². The summed E-state index contributed by atoms with van der Waals surface area (Å²) in [6, 6.07) is 9.47. The summed E-state index contributed by atoms with van der Waals surface area (Å²) in [4.78, 5) is -0.348. The van der Waals surface area contributed by atoms with Crippen molar-refractivity contribution in [3.05, 3.63) is 59.7 Å². The molecule has 4 nitrogen and oxygen atoms in total. The quantitative estimate of drug-likeness (QED) is 0.738. The molecule has 2 aromatic rings. The van der Waals surface area contributed by atoms with Crippen LogP contribution in [0, 0.1) is 0 Å². The van der Waals surface area contributed by atoms with E-state index in [2.05, 4.69) is 0 Å². The Hall–Kier alpha value is -2.06. The van der Waals surface area contributed by atoms with Crippen LogP contribution in [0.1, 0.15) is 11.1 Å². The fourth-order valence-corrected chi connectivity index (χ4v) is 2.85. The molecule has 0 atom stereocenters. The molecule has 0 aliphatic carbocycles. The van der Waals surface area contributed by atoms with Crippen LogP contribution in [0.2, 0.25) is 0 Å². The lowest BCUT2D eigenvalue weighted by atomic mass is 10.1. The molecule has 0 spiro atoms. The summed E-state index contributed by atoms with van der Waals surface area (Å²) in [6.07, 6.45) is -3.86. The van der Waals surface area contributed by atoms with Gasteiger partial charge in [-0.15, -0.1) is 0 Å². The van der Waals surface area contributed by atoms with Crippen molar-refractivity contribution in [3.63, 3.8) is 0 Å². The number of hydrogen-bond acceptors (Lipinski definition) is 4. The van der Waals surface area contributed by atoms with Crippen LogP contribution in [0.15, 0.2) is 53.4 Å². The van der Waals surface area contributed by atoms with Gasteiger partial charge in [0.05, 0.1) is 12.2 Å². The van der Waals surface area contributed by atoms with E-state index in [4.69, 9.17) is 8.92 Å². The van der Waals surface area contributed by atoms with Crippen molar-refractivity contribution in [3.8, 4) is 5.75 Å². The molecule has 0 saturated heterocycles. The predicted molar refractivity (Wildman–Crippen MR) is 81.3 cm³/mol. The summed E-state index contributed by atoms with van der Waals surface area (Å²) in [5, 5.41) is 0. The van der Waals surface area contributed by atoms with E-state index in [0.29, 0.717) is 25.2 Å². The van der Waals surface area contributed by atoms with Gasteiger partial charge in [-0.3, -0.25) is 0 Å². The van der Waals surface area contributed by atoms with Gasteiger partial charge < -0.3 is 8.92 Å². The Kier molecular flexibility index (Phi) is 5.51. The van der Waals surface area contributed by atoms with Crippen molar-refractivity contribution in [1.82, 2.24) is 0 Å². The lowest BCUT2D eigenvalue weighted by Gasteiger charge is -2.10. The largest absolute Gasteiger partial charge is 0.416 e. The second kappa shape index (κ2) is 7.23. The monoisotopic (exact) mass is 360 g/mol. The molecule has 2 rings (SSSR count). The average molecular weight is 360 g/mol. The first kappa shape index (κ1) is 18.3. The molecule has 0 aliphatic heterocycles. The molecular weight excluding hydrogens is 345 g/mol. The summed E-state index contributed by atoms with van der Waals surface area (Å²) in [5.74, 6) is 0.0797. The number of rotatable bonds is 6. The molecule has 24 heavy (non-hydrogen) atoms. The van der Waals surface area contributed by atoms with Crippen LogP contribution >= 0.6 is 0 Å². The van der Waals surface area contributed by atoms with Crippen LogP contribution in [0.4, 0.5) is 13.2 Å². The van der Waals surface area contributed by atoms with Crippen LogP contribution in [-0.4, -0.2) is 22.1 Å². The third kappa shape index (κ3) is 4.72. The molecule has 0 aromatic heterocycles. The number of hydrogen-bond donors (Lipinski definition) is 0. The summed E-state index contributed by atoms with van der Waals surface area (Å²) in [7, 11) is -2.62. The van der Waals surface area contributed by atoms with Crippen LogP contribution in [0.25, 0.3) is 0 Å². The fraction of sp³-hybridized carbons (Fsp3) is 0.250. The van der Waals surface area contributed by atoms with Crippen molar-refractivity contribution in [1.29, 1.82) is 0 Å². The lowest BCUT2D eigenvalue weighted by molar-refractivity contribution is -0.137. The highest BCUT2D eigenvalue weighted by molar-refractivity contribution is 7.87. The first-order chi connectivity index (χ1) is 11.2. The molecule has 130 valence electrons. The third-order valence-electron chi connectivity index (χ3n) is 3.19. The minimum absolute atomic E-state index is 0.0797. The van der Waals surface area contributed by atoms with Crippen molar-refractivity contribution < 1.29 is 30.5 Å². The van der Waals surface area contributed by atoms with Crippen molar-refractivity contribution in [2.45, 2.75) is 17.5 Å². The van der Waals surface area contributed by atoms with E-state index in [1.807, 2.05) is 0 Å².